The summed E-state index contributed by atoms with van der Waals surface area (Å²) in [5.41, 5.74) is 0.338. The Morgan fingerprint density at radius 1 is 1.23 bits per heavy atom. The smallest absolute Gasteiger partial charge is 0.191 e. The fraction of sp³-hybridized carbons (Fsp3) is 0.600. The Labute approximate surface area is 157 Å². The van der Waals surface area contributed by atoms with Gasteiger partial charge in [-0.05, 0) is 42.1 Å². The first kappa shape index (κ1) is 22.4. The van der Waals surface area contributed by atoms with Gasteiger partial charge in [0, 0.05) is 13.0 Å². The molecule has 0 bridgehead atoms. The maximum atomic E-state index is 12.6. The predicted octanol–water partition coefficient (Wildman–Crippen LogP) is 4.70. The summed E-state index contributed by atoms with van der Waals surface area (Å²) in [5, 5.41) is 20.5. The van der Waals surface area contributed by atoms with Crippen molar-refractivity contribution in [2.75, 3.05) is 6.61 Å². The third kappa shape index (κ3) is 5.17. The lowest BCUT2D eigenvalue weighted by molar-refractivity contribution is 0.0956. The van der Waals surface area contributed by atoms with Crippen molar-refractivity contribution in [3.05, 3.63) is 22.8 Å². The van der Waals surface area contributed by atoms with Gasteiger partial charge in [0.15, 0.2) is 20.4 Å². The molecule has 0 radical (unpaired) electrons. The molecule has 0 amide bonds. The molecule has 146 valence electrons. The quantitative estimate of drug-likeness (QED) is 0.388. The van der Waals surface area contributed by atoms with Gasteiger partial charge in [-0.25, -0.2) is 0 Å². The summed E-state index contributed by atoms with van der Waals surface area (Å²) in [6, 6.07) is 1.49. The number of aldehydes is 1. The molecule has 2 N–H and O–H groups in total. The monoisotopic (exact) mass is 380 g/mol. The molecule has 0 unspecified atom stereocenters. The molecular weight excluding hydrogens is 348 g/mol. The van der Waals surface area contributed by atoms with Gasteiger partial charge in [0.25, 0.3) is 0 Å². The highest BCUT2D eigenvalue weighted by atomic mass is 28.4. The molecule has 0 atom stereocenters. The van der Waals surface area contributed by atoms with Crippen LogP contribution in [0, 0.1) is 5.92 Å². The summed E-state index contributed by atoms with van der Waals surface area (Å²) >= 11 is 0. The lowest BCUT2D eigenvalue weighted by Crippen LogP contribution is -2.41. The maximum Gasteiger partial charge on any atom is 0.191 e. The Bertz CT molecular complexity index is 672. The molecule has 1 aromatic carbocycles. The number of carbonyl (C=O) groups excluding carboxylic acids is 2. The third-order valence-corrected chi connectivity index (χ3v) is 9.57. The van der Waals surface area contributed by atoms with Crippen molar-refractivity contribution in [2.24, 2.45) is 5.92 Å². The molecule has 6 heteroatoms. The van der Waals surface area contributed by atoms with E-state index >= 15 is 0 Å². The standard InChI is InChI=1S/C20H32O5Si/c1-13(2)10-14-11-15(19(24)16(12-21)18(14)23)17(22)8-9-25-26(6,7)20(3,4)5/h11-13,23-24H,8-10H2,1-7H3. The molecule has 0 aliphatic rings. The number of rotatable bonds is 8. The average Bonchev–Trinajstić information content (AvgIpc) is 2.48. The van der Waals surface area contributed by atoms with Crippen molar-refractivity contribution < 1.29 is 24.2 Å². The highest BCUT2D eigenvalue weighted by molar-refractivity contribution is 6.74. The molecule has 0 saturated carbocycles. The Kier molecular flexibility index (Phi) is 7.19. The van der Waals surface area contributed by atoms with Crippen LogP contribution in [-0.4, -0.2) is 37.2 Å². The Hall–Kier alpha value is -1.66. The number of hydrogen-bond donors (Lipinski definition) is 2. The number of carbonyl (C=O) groups is 2. The SMILES string of the molecule is CC(C)Cc1cc(C(=O)CCO[Si](C)(C)C(C)(C)C)c(O)c(C=O)c1O. The number of hydrogen-bond acceptors (Lipinski definition) is 5. The highest BCUT2D eigenvalue weighted by Crippen LogP contribution is 2.37. The fourth-order valence-electron chi connectivity index (χ4n) is 2.41. The first-order valence-electron chi connectivity index (χ1n) is 9.02. The molecule has 0 fully saturated rings. The average molecular weight is 381 g/mol. The van der Waals surface area contributed by atoms with Crippen LogP contribution in [-0.2, 0) is 10.8 Å². The van der Waals surface area contributed by atoms with Crippen LogP contribution in [0.1, 0.15) is 67.3 Å². The fourth-order valence-corrected chi connectivity index (χ4v) is 3.46. The zero-order chi connectivity index (χ0) is 20.3. The van der Waals surface area contributed by atoms with Crippen LogP contribution in [0.4, 0.5) is 0 Å². The molecule has 5 nitrogen and oxygen atoms in total. The van der Waals surface area contributed by atoms with E-state index in [1.165, 1.54) is 6.07 Å². The predicted molar refractivity (Wildman–Crippen MR) is 106 cm³/mol. The van der Waals surface area contributed by atoms with E-state index in [0.717, 1.165) is 0 Å². The molecule has 0 spiro atoms. The van der Waals surface area contributed by atoms with Gasteiger partial charge >= 0.3 is 0 Å². The van der Waals surface area contributed by atoms with Crippen LogP contribution >= 0.6 is 0 Å². The lowest BCUT2D eigenvalue weighted by Gasteiger charge is -2.36. The van der Waals surface area contributed by atoms with Crippen LogP contribution in [0.25, 0.3) is 0 Å². The van der Waals surface area contributed by atoms with Crippen molar-refractivity contribution in [1.29, 1.82) is 0 Å². The van der Waals surface area contributed by atoms with Crippen molar-refractivity contribution in [1.82, 2.24) is 0 Å². The minimum absolute atomic E-state index is 0.0475. The molecule has 0 aliphatic heterocycles. The van der Waals surface area contributed by atoms with Crippen LogP contribution in [0.3, 0.4) is 0 Å². The van der Waals surface area contributed by atoms with Crippen LogP contribution in [0.15, 0.2) is 6.07 Å². The molecule has 1 rings (SSSR count). The van der Waals surface area contributed by atoms with Crippen molar-refractivity contribution >= 4 is 20.4 Å². The summed E-state index contributed by atoms with van der Waals surface area (Å²) in [5.74, 6) is -0.772. The topological polar surface area (TPSA) is 83.8 Å². The van der Waals surface area contributed by atoms with Gasteiger partial charge in [-0.1, -0.05) is 34.6 Å². The first-order valence-corrected chi connectivity index (χ1v) is 11.9. The lowest BCUT2D eigenvalue weighted by atomic mass is 9.94. The van der Waals surface area contributed by atoms with E-state index in [4.69, 9.17) is 4.43 Å². The second kappa shape index (κ2) is 8.35. The number of aromatic hydroxyl groups is 2. The summed E-state index contributed by atoms with van der Waals surface area (Å²) in [4.78, 5) is 23.9. The van der Waals surface area contributed by atoms with E-state index in [2.05, 4.69) is 33.9 Å². The van der Waals surface area contributed by atoms with E-state index in [0.29, 0.717) is 18.3 Å². The number of benzene rings is 1. The normalized spacial score (nSPS) is 12.5. The van der Waals surface area contributed by atoms with Gasteiger partial charge in [-0.3, -0.25) is 9.59 Å². The van der Waals surface area contributed by atoms with Crippen molar-refractivity contribution in [2.45, 2.75) is 65.6 Å². The Balaban J connectivity index is 3.03. The molecule has 0 aliphatic carbocycles. The van der Waals surface area contributed by atoms with E-state index in [1.54, 1.807) is 0 Å². The zero-order valence-electron chi connectivity index (χ0n) is 17.0. The minimum Gasteiger partial charge on any atom is -0.507 e. The van der Waals surface area contributed by atoms with Gasteiger partial charge < -0.3 is 14.6 Å². The maximum absolute atomic E-state index is 12.6. The Morgan fingerprint density at radius 3 is 2.27 bits per heavy atom. The van der Waals surface area contributed by atoms with E-state index < -0.39 is 14.1 Å². The number of phenolic OH excluding ortho intramolecular Hbond substituents is 2. The highest BCUT2D eigenvalue weighted by Gasteiger charge is 2.37. The molecule has 0 heterocycles. The largest absolute Gasteiger partial charge is 0.507 e. The third-order valence-electron chi connectivity index (χ3n) is 5.03. The number of Topliss-reactive ketones (excluding diaryl/α,β-unsaturated/α-hetero) is 1. The first-order chi connectivity index (χ1) is 11.8. The van der Waals surface area contributed by atoms with Crippen LogP contribution in [0.2, 0.25) is 18.1 Å². The van der Waals surface area contributed by atoms with Gasteiger partial charge in [0.2, 0.25) is 0 Å². The zero-order valence-corrected chi connectivity index (χ0v) is 18.0. The minimum atomic E-state index is -1.96. The van der Waals surface area contributed by atoms with E-state index in [9.17, 15) is 19.8 Å². The van der Waals surface area contributed by atoms with Crippen LogP contribution in [0.5, 0.6) is 11.5 Å². The summed E-state index contributed by atoms with van der Waals surface area (Å²) in [7, 11) is -1.96. The Morgan fingerprint density at radius 2 is 1.81 bits per heavy atom. The van der Waals surface area contributed by atoms with Gasteiger partial charge in [0.1, 0.15) is 11.5 Å². The number of ketones is 1. The van der Waals surface area contributed by atoms with Crippen molar-refractivity contribution in [3.8, 4) is 11.5 Å². The molecular formula is C20H32O5Si. The van der Waals surface area contributed by atoms with E-state index in [-0.39, 0.29) is 46.6 Å². The van der Waals surface area contributed by atoms with Crippen molar-refractivity contribution in [3.63, 3.8) is 0 Å². The van der Waals surface area contributed by atoms with Gasteiger partial charge in [0.05, 0.1) is 11.1 Å². The molecule has 0 aromatic heterocycles. The summed E-state index contributed by atoms with van der Waals surface area (Å²) in [6.45, 7) is 14.8. The second-order valence-corrected chi connectivity index (χ2v) is 13.5. The molecule has 0 saturated heterocycles. The van der Waals surface area contributed by atoms with Gasteiger partial charge in [-0.15, -0.1) is 0 Å². The second-order valence-electron chi connectivity index (χ2n) is 8.69. The summed E-state index contributed by atoms with van der Waals surface area (Å²) < 4.78 is 6.02. The van der Waals surface area contributed by atoms with E-state index in [1.807, 2.05) is 13.8 Å². The molecule has 1 aromatic rings. The summed E-state index contributed by atoms with van der Waals surface area (Å²) in [6.07, 6.45) is 1.01. The molecule has 26 heavy (non-hydrogen) atoms. The number of phenols is 2. The van der Waals surface area contributed by atoms with Gasteiger partial charge in [-0.2, -0.15) is 0 Å². The van der Waals surface area contributed by atoms with Crippen LogP contribution < -0.4 is 0 Å².